The molecule has 1 aromatic carbocycles. The van der Waals surface area contributed by atoms with Crippen LogP contribution in [0.5, 0.6) is 0 Å². The van der Waals surface area contributed by atoms with Crippen molar-refractivity contribution in [2.75, 3.05) is 5.32 Å². The highest BCUT2D eigenvalue weighted by Gasteiger charge is 2.26. The monoisotopic (exact) mass is 284 g/mol. The smallest absolute Gasteiger partial charge is 0.212 e. The lowest BCUT2D eigenvalue weighted by atomic mass is 10.3. The number of hydrogen-bond acceptors (Lipinski definition) is 6. The van der Waals surface area contributed by atoms with Crippen LogP contribution >= 0.6 is 11.3 Å². The molecule has 0 spiro atoms. The molecule has 0 fully saturated rings. The van der Waals surface area contributed by atoms with Crippen LogP contribution in [0.2, 0.25) is 0 Å². The molecule has 7 heteroatoms. The average molecular weight is 284 g/mol. The van der Waals surface area contributed by atoms with Crippen LogP contribution in [0.25, 0.3) is 11.0 Å². The summed E-state index contributed by atoms with van der Waals surface area (Å²) in [5.41, 5.74) is 8.69. The van der Waals surface area contributed by atoms with Crippen molar-refractivity contribution < 1.29 is 0 Å². The van der Waals surface area contributed by atoms with Crippen LogP contribution in [0.4, 0.5) is 5.95 Å². The molecule has 6 nitrogen and oxygen atoms in total. The minimum atomic E-state index is -0.261. The van der Waals surface area contributed by atoms with E-state index in [-0.39, 0.29) is 6.17 Å². The number of imidazole rings is 1. The van der Waals surface area contributed by atoms with Crippen molar-refractivity contribution in [1.82, 2.24) is 14.5 Å². The van der Waals surface area contributed by atoms with Crippen LogP contribution in [0.1, 0.15) is 16.9 Å². The number of aliphatic imine (C=N–C) groups is 1. The van der Waals surface area contributed by atoms with E-state index in [1.807, 2.05) is 41.1 Å². The maximum absolute atomic E-state index is 5.87. The van der Waals surface area contributed by atoms with Crippen molar-refractivity contribution >= 4 is 34.3 Å². The number of fused-ring (bicyclic) bond motifs is 3. The van der Waals surface area contributed by atoms with Gasteiger partial charge in [0.1, 0.15) is 0 Å². The summed E-state index contributed by atoms with van der Waals surface area (Å²) >= 11 is 1.61. The topological polar surface area (TPSA) is 81.1 Å². The molecule has 0 unspecified atom stereocenters. The van der Waals surface area contributed by atoms with Crippen molar-refractivity contribution in [3.05, 3.63) is 40.3 Å². The Balaban J connectivity index is 1.98. The number of nitrogens with zero attached hydrogens (tertiary/aromatic N) is 4. The summed E-state index contributed by atoms with van der Waals surface area (Å²) in [7, 11) is 0. The Kier molecular flexibility index (Phi) is 2.31. The molecule has 20 heavy (non-hydrogen) atoms. The maximum atomic E-state index is 5.87. The summed E-state index contributed by atoms with van der Waals surface area (Å²) in [6.45, 7) is 1.98. The molecule has 0 bridgehead atoms. The third-order valence-electron chi connectivity index (χ3n) is 3.24. The quantitative estimate of drug-likeness (QED) is 0.717. The van der Waals surface area contributed by atoms with E-state index < -0.39 is 0 Å². The molecule has 1 aliphatic rings. The van der Waals surface area contributed by atoms with E-state index in [4.69, 9.17) is 5.73 Å². The predicted molar refractivity (Wildman–Crippen MR) is 80.0 cm³/mol. The van der Waals surface area contributed by atoms with Crippen molar-refractivity contribution in [3.8, 4) is 0 Å². The number of aryl methyl sites for hydroxylation is 1. The first kappa shape index (κ1) is 11.4. The molecule has 3 aromatic rings. The van der Waals surface area contributed by atoms with Gasteiger partial charge in [-0.1, -0.05) is 12.1 Å². The molecule has 0 saturated carbocycles. The van der Waals surface area contributed by atoms with Gasteiger partial charge in [-0.15, -0.1) is 11.3 Å². The normalized spacial score (nSPS) is 17.6. The third kappa shape index (κ3) is 1.60. The minimum Gasteiger partial charge on any atom is -0.370 e. The lowest BCUT2D eigenvalue weighted by Crippen LogP contribution is -2.31. The second kappa shape index (κ2) is 4.04. The SMILES string of the molecule is Cc1nc([C@@H]2N=C(N)Nc3nc4ccccc4n32)cs1. The first-order chi connectivity index (χ1) is 9.72. The highest BCUT2D eigenvalue weighted by atomic mass is 32.1. The second-order valence-corrected chi connectivity index (χ2v) is 5.66. The Labute approximate surface area is 119 Å². The fourth-order valence-corrected chi connectivity index (χ4v) is 3.04. The first-order valence-corrected chi connectivity index (χ1v) is 7.09. The fraction of sp³-hybridized carbons (Fsp3) is 0.154. The number of anilines is 1. The largest absolute Gasteiger partial charge is 0.370 e. The molecule has 100 valence electrons. The Morgan fingerprint density at radius 2 is 2.15 bits per heavy atom. The summed E-state index contributed by atoms with van der Waals surface area (Å²) in [6.07, 6.45) is -0.261. The average Bonchev–Trinajstić information content (AvgIpc) is 3.00. The van der Waals surface area contributed by atoms with Gasteiger partial charge in [0.05, 0.1) is 21.7 Å². The summed E-state index contributed by atoms with van der Waals surface area (Å²) in [4.78, 5) is 13.6. The zero-order valence-corrected chi connectivity index (χ0v) is 11.6. The number of thiazole rings is 1. The summed E-state index contributed by atoms with van der Waals surface area (Å²) in [5.74, 6) is 1.07. The Morgan fingerprint density at radius 3 is 2.95 bits per heavy atom. The number of para-hydroxylation sites is 2. The van der Waals surface area contributed by atoms with Crippen molar-refractivity contribution in [2.24, 2.45) is 10.7 Å². The van der Waals surface area contributed by atoms with Crippen LogP contribution in [0.3, 0.4) is 0 Å². The molecule has 1 atom stereocenters. The zero-order valence-electron chi connectivity index (χ0n) is 10.7. The van der Waals surface area contributed by atoms with Gasteiger partial charge in [0.25, 0.3) is 0 Å². The van der Waals surface area contributed by atoms with Crippen molar-refractivity contribution in [2.45, 2.75) is 13.1 Å². The first-order valence-electron chi connectivity index (χ1n) is 6.21. The summed E-state index contributed by atoms with van der Waals surface area (Å²) < 4.78 is 2.03. The van der Waals surface area contributed by atoms with Gasteiger partial charge in [-0.3, -0.25) is 9.88 Å². The van der Waals surface area contributed by atoms with Gasteiger partial charge in [0, 0.05) is 5.38 Å². The molecule has 0 saturated heterocycles. The Bertz CT molecular complexity index is 830. The van der Waals surface area contributed by atoms with Crippen molar-refractivity contribution in [1.29, 1.82) is 0 Å². The molecule has 3 N–H and O–H groups in total. The van der Waals surface area contributed by atoms with Gasteiger partial charge in [-0.2, -0.15) is 0 Å². The minimum absolute atomic E-state index is 0.261. The van der Waals surface area contributed by atoms with E-state index in [9.17, 15) is 0 Å². The number of aromatic nitrogens is 3. The Morgan fingerprint density at radius 1 is 1.30 bits per heavy atom. The molecule has 0 amide bonds. The van der Waals surface area contributed by atoms with Crippen molar-refractivity contribution in [3.63, 3.8) is 0 Å². The number of benzene rings is 1. The number of rotatable bonds is 1. The van der Waals surface area contributed by atoms with Gasteiger partial charge in [-0.25, -0.2) is 15.0 Å². The maximum Gasteiger partial charge on any atom is 0.212 e. The van der Waals surface area contributed by atoms with Gasteiger partial charge < -0.3 is 5.73 Å². The van der Waals surface area contributed by atoms with Crippen LogP contribution in [-0.4, -0.2) is 20.5 Å². The summed E-state index contributed by atoms with van der Waals surface area (Å²) in [6, 6.07) is 7.95. The van der Waals surface area contributed by atoms with E-state index in [1.54, 1.807) is 11.3 Å². The van der Waals surface area contributed by atoms with Crippen LogP contribution in [0, 0.1) is 6.92 Å². The highest BCUT2D eigenvalue weighted by Crippen LogP contribution is 2.32. The molecular weight excluding hydrogens is 272 g/mol. The molecule has 0 radical (unpaired) electrons. The number of hydrogen-bond donors (Lipinski definition) is 2. The molecule has 4 rings (SSSR count). The molecule has 3 heterocycles. The standard InChI is InChI=1S/C13H12N6S/c1-7-15-9(6-20-7)11-17-12(14)18-13-16-8-4-2-3-5-10(8)19(11)13/h2-6,11H,1H3,(H3,14,16,17,18)/t11-/m1/s1. The number of nitrogens with one attached hydrogen (secondary N) is 1. The van der Waals surface area contributed by atoms with E-state index in [0.717, 1.165) is 21.7 Å². The van der Waals surface area contributed by atoms with Gasteiger partial charge in [0.2, 0.25) is 5.95 Å². The predicted octanol–water partition coefficient (Wildman–Crippen LogP) is 2.09. The van der Waals surface area contributed by atoms with E-state index in [0.29, 0.717) is 11.9 Å². The van der Waals surface area contributed by atoms with Crippen LogP contribution < -0.4 is 11.1 Å². The molecular formula is C13H12N6S. The Hall–Kier alpha value is -2.41. The van der Waals surface area contributed by atoms with E-state index in [1.165, 1.54) is 0 Å². The summed E-state index contributed by atoms with van der Waals surface area (Å²) in [5, 5.41) is 6.04. The van der Waals surface area contributed by atoms with Crippen LogP contribution in [-0.2, 0) is 0 Å². The molecule has 1 aliphatic heterocycles. The number of guanidine groups is 1. The third-order valence-corrected chi connectivity index (χ3v) is 4.03. The second-order valence-electron chi connectivity index (χ2n) is 4.60. The molecule has 0 aliphatic carbocycles. The lowest BCUT2D eigenvalue weighted by molar-refractivity contribution is 0.611. The van der Waals surface area contributed by atoms with E-state index >= 15 is 0 Å². The van der Waals surface area contributed by atoms with Gasteiger partial charge >= 0.3 is 0 Å². The van der Waals surface area contributed by atoms with Gasteiger partial charge in [-0.05, 0) is 19.1 Å². The van der Waals surface area contributed by atoms with Crippen LogP contribution in [0.15, 0.2) is 34.6 Å². The van der Waals surface area contributed by atoms with Gasteiger partial charge in [0.15, 0.2) is 12.1 Å². The lowest BCUT2D eigenvalue weighted by Gasteiger charge is -2.22. The molecule has 2 aromatic heterocycles. The zero-order chi connectivity index (χ0) is 13.7. The van der Waals surface area contributed by atoms with E-state index in [2.05, 4.69) is 20.3 Å². The fourth-order valence-electron chi connectivity index (χ4n) is 2.41. The number of nitrogens with two attached hydrogens (primary N) is 1. The highest BCUT2D eigenvalue weighted by molar-refractivity contribution is 7.09.